The van der Waals surface area contributed by atoms with Crippen LogP contribution in [0.25, 0.3) is 11.2 Å². The predicted molar refractivity (Wildman–Crippen MR) is 150 cm³/mol. The Balaban J connectivity index is 1.29. The van der Waals surface area contributed by atoms with Gasteiger partial charge in [0, 0.05) is 12.1 Å². The summed E-state index contributed by atoms with van der Waals surface area (Å²) in [5.41, 5.74) is 4.95. The number of hydrogen-bond acceptors (Lipinski definition) is 15. The van der Waals surface area contributed by atoms with Crippen molar-refractivity contribution in [2.24, 2.45) is 5.92 Å². The molecular formula is C20H25FN8O9P2S2. The first-order valence-electron chi connectivity index (χ1n) is 12.4. The maximum atomic E-state index is 15.6. The second-order valence-electron chi connectivity index (χ2n) is 9.79. The summed E-state index contributed by atoms with van der Waals surface area (Å²) in [5.74, 6) is -0.674. The number of hydrogen-bond donors (Lipinski definition) is 6. The third kappa shape index (κ3) is 5.97. The van der Waals surface area contributed by atoms with Crippen LogP contribution in [-0.2, 0) is 32.0 Å². The summed E-state index contributed by atoms with van der Waals surface area (Å²) in [5, 5.41) is 14.0. The van der Waals surface area contributed by atoms with Gasteiger partial charge in [0.2, 0.25) is 5.95 Å². The van der Waals surface area contributed by atoms with E-state index in [-0.39, 0.29) is 23.5 Å². The number of nitrogens with zero attached hydrogens (tertiary/aromatic N) is 5. The summed E-state index contributed by atoms with van der Waals surface area (Å²) in [7, 11) is 0. The number of H-pyrrole nitrogens is 1. The van der Waals surface area contributed by atoms with Crippen LogP contribution >= 0.6 is 38.1 Å². The summed E-state index contributed by atoms with van der Waals surface area (Å²) in [6, 6.07) is 0.685. The minimum atomic E-state index is -4.28. The number of imidazole rings is 1. The number of aliphatic hydroxyl groups excluding tert-OH is 1. The molecule has 2 aliphatic heterocycles. The van der Waals surface area contributed by atoms with Crippen LogP contribution in [0.5, 0.6) is 0 Å². The fourth-order valence-electron chi connectivity index (χ4n) is 5.14. The van der Waals surface area contributed by atoms with Gasteiger partial charge in [-0.1, -0.05) is 24.5 Å². The van der Waals surface area contributed by atoms with E-state index in [2.05, 4.69) is 54.7 Å². The second-order valence-corrected chi connectivity index (χ2v) is 15.5. The minimum absolute atomic E-state index is 0.0205. The predicted octanol–water partition coefficient (Wildman–Crippen LogP) is 1.48. The van der Waals surface area contributed by atoms with Gasteiger partial charge < -0.3 is 25.4 Å². The second kappa shape index (κ2) is 11.4. The van der Waals surface area contributed by atoms with E-state index in [9.17, 15) is 19.0 Å². The van der Waals surface area contributed by atoms with E-state index in [1.165, 1.54) is 23.4 Å². The monoisotopic (exact) mass is 666 g/mol. The molecule has 17 nitrogen and oxygen atoms in total. The first-order valence-corrected chi connectivity index (χ1v) is 17.8. The van der Waals surface area contributed by atoms with Crippen LogP contribution in [0, 0.1) is 5.92 Å². The highest BCUT2D eigenvalue weighted by atomic mass is 32.7. The maximum absolute atomic E-state index is 15.6. The van der Waals surface area contributed by atoms with Gasteiger partial charge in [-0.15, -0.1) is 0 Å². The van der Waals surface area contributed by atoms with Crippen molar-refractivity contribution in [2.45, 2.75) is 49.3 Å². The summed E-state index contributed by atoms with van der Waals surface area (Å²) >= 11 is 8.09. The first kappa shape index (κ1) is 29.9. The van der Waals surface area contributed by atoms with Crippen LogP contribution in [0.2, 0.25) is 0 Å². The van der Waals surface area contributed by atoms with Gasteiger partial charge in [-0.05, 0) is 12.5 Å². The molecule has 2 saturated heterocycles. The van der Waals surface area contributed by atoms with E-state index in [0.717, 1.165) is 0 Å². The summed E-state index contributed by atoms with van der Waals surface area (Å²) in [6.45, 7) is -9.50. The first-order chi connectivity index (χ1) is 19.9. The van der Waals surface area contributed by atoms with E-state index in [1.54, 1.807) is 6.07 Å². The van der Waals surface area contributed by atoms with Crippen LogP contribution in [0.15, 0.2) is 29.7 Å². The van der Waals surface area contributed by atoms with Crippen LogP contribution < -0.4 is 16.6 Å². The van der Waals surface area contributed by atoms with Crippen molar-refractivity contribution in [3.8, 4) is 0 Å². The number of aromatic amines is 1. The average Bonchev–Trinajstić information content (AvgIpc) is 3.57. The molecule has 1 saturated carbocycles. The van der Waals surface area contributed by atoms with Crippen molar-refractivity contribution in [3.05, 3.63) is 35.3 Å². The molecule has 3 aliphatic rings. The fourth-order valence-corrected chi connectivity index (χ4v) is 8.16. The summed E-state index contributed by atoms with van der Waals surface area (Å²) < 4.78 is 71.6. The van der Waals surface area contributed by atoms with Crippen molar-refractivity contribution in [3.63, 3.8) is 0 Å². The minimum Gasteiger partial charge on any atom is -0.387 e. The number of ether oxygens (including phenoxy) is 1. The molecular weight excluding hydrogens is 641 g/mol. The molecule has 0 spiro atoms. The van der Waals surface area contributed by atoms with Gasteiger partial charge >= 0.3 is 13.6 Å². The topological polar surface area (TPSA) is 228 Å². The van der Waals surface area contributed by atoms with E-state index in [0.29, 0.717) is 5.82 Å². The Morgan fingerprint density at radius 2 is 1.90 bits per heavy atom. The molecule has 2 bridgehead atoms. The van der Waals surface area contributed by atoms with E-state index in [1.807, 2.05) is 0 Å². The Labute approximate surface area is 246 Å². The van der Waals surface area contributed by atoms with Crippen molar-refractivity contribution >= 4 is 61.0 Å². The van der Waals surface area contributed by atoms with Gasteiger partial charge in [0.15, 0.2) is 17.4 Å². The highest BCUT2D eigenvalue weighted by Gasteiger charge is 2.52. The molecule has 0 aromatic carbocycles. The van der Waals surface area contributed by atoms with Crippen LogP contribution in [-0.4, -0.2) is 84.4 Å². The molecule has 228 valence electrons. The Bertz CT molecular complexity index is 1620. The smallest absolute Gasteiger partial charge is 0.386 e. The molecule has 5 heterocycles. The molecule has 0 amide bonds. The lowest BCUT2D eigenvalue weighted by atomic mass is 10.1. The third-order valence-electron chi connectivity index (χ3n) is 7.04. The molecule has 3 aromatic rings. The van der Waals surface area contributed by atoms with Crippen molar-refractivity contribution in [1.82, 2.24) is 29.5 Å². The molecule has 22 heteroatoms. The number of nitrogen functional groups attached to an aromatic ring is 1. The van der Waals surface area contributed by atoms with Gasteiger partial charge in [0.05, 0.1) is 25.6 Å². The van der Waals surface area contributed by atoms with Gasteiger partial charge in [-0.2, -0.15) is 4.98 Å². The lowest BCUT2D eigenvalue weighted by Gasteiger charge is -2.27. The number of rotatable bonds is 3. The molecule has 42 heavy (non-hydrogen) atoms. The molecule has 5 N–H and O–H groups in total. The fraction of sp³-hybridized carbons (Fsp3) is 0.550. The van der Waals surface area contributed by atoms with Crippen LogP contribution in [0.3, 0.4) is 0 Å². The zero-order valence-corrected chi connectivity index (χ0v) is 24.8. The lowest BCUT2D eigenvalue weighted by molar-refractivity contribution is -0.0498. The highest BCUT2D eigenvalue weighted by Crippen LogP contribution is 2.60. The number of fused-ring (bicyclic) bond motifs is 4. The molecule has 0 radical (unpaired) electrons. The van der Waals surface area contributed by atoms with E-state index in [4.69, 9.17) is 28.6 Å². The lowest BCUT2D eigenvalue weighted by Crippen LogP contribution is -2.35. The highest BCUT2D eigenvalue weighted by molar-refractivity contribution is 8.44. The average molecular weight is 667 g/mol. The third-order valence-corrected chi connectivity index (χ3v) is 10.3. The number of anilines is 2. The van der Waals surface area contributed by atoms with E-state index < -0.39 is 81.1 Å². The Morgan fingerprint density at radius 3 is 2.64 bits per heavy atom. The number of aliphatic hydroxyl groups is 1. The van der Waals surface area contributed by atoms with Crippen LogP contribution in [0.1, 0.15) is 12.6 Å². The van der Waals surface area contributed by atoms with Gasteiger partial charge in [-0.3, -0.25) is 27.9 Å². The number of thiol groups is 2. The zero-order chi connectivity index (χ0) is 29.8. The molecule has 10 atom stereocenters. The number of alkyl halides is 1. The standard InChI is InChI=1S/C20H25FN8O9P2S2/c21-12-9(26-11-1-2-23-6-24-11)3-8-4-34-39(32,41)38-16-14(30)10(5-35-40(33,42)37-15(8)12)36-19(16)29-7-25-13-17(29)27-20(22)28-18(13)31/h1-2,6-10,12,14-16,19,30H,3-5H2,(H,32,41)(H,33,42)(H,23,24,26)(H3,22,27,28,31)/t8-,9-,10-,12+,14-,15-,16-,19-,39+,40-/m1/s1. The number of nitrogens with two attached hydrogens (primary N) is 1. The van der Waals surface area contributed by atoms with Gasteiger partial charge in [0.25, 0.3) is 5.56 Å². The normalized spacial score (nSPS) is 39.2. The number of aromatic nitrogens is 6. The molecule has 3 fully saturated rings. The SMILES string of the molecule is Nc1nc2c(ncn2[C@@H]2O[C@@H]3CO[P@@](=O)(S)O[C@@H]4[C@@H](CO[P@](=O)(S)O[C@@H]2[C@@H]3O)C[C@@H](Nc2ccncn2)[C@@H]4F)c(=O)[nH]1. The van der Waals surface area contributed by atoms with Crippen LogP contribution in [0.4, 0.5) is 16.2 Å². The Morgan fingerprint density at radius 1 is 1.17 bits per heavy atom. The van der Waals surface area contributed by atoms with Gasteiger partial charge in [0.1, 0.15) is 42.7 Å². The quantitative estimate of drug-likeness (QED) is 0.172. The molecule has 0 unspecified atom stereocenters. The molecule has 3 aromatic heterocycles. The van der Waals surface area contributed by atoms with Crippen molar-refractivity contribution in [2.75, 3.05) is 24.3 Å². The Hall–Kier alpha value is -2.12. The number of halogens is 1. The van der Waals surface area contributed by atoms with Gasteiger partial charge in [-0.25, -0.2) is 28.5 Å². The van der Waals surface area contributed by atoms with Crippen molar-refractivity contribution in [1.29, 1.82) is 0 Å². The largest absolute Gasteiger partial charge is 0.387 e. The maximum Gasteiger partial charge on any atom is 0.386 e. The molecule has 1 aliphatic carbocycles. The number of nitrogens with one attached hydrogen (secondary N) is 2. The summed E-state index contributed by atoms with van der Waals surface area (Å²) in [4.78, 5) is 30.5. The molecule has 6 rings (SSSR count). The Kier molecular flexibility index (Phi) is 8.14. The van der Waals surface area contributed by atoms with E-state index >= 15 is 4.39 Å². The summed E-state index contributed by atoms with van der Waals surface area (Å²) in [6.07, 6.45) is -4.61. The zero-order valence-electron chi connectivity index (χ0n) is 21.2. The van der Waals surface area contributed by atoms with Crippen molar-refractivity contribution < 1.29 is 41.5 Å².